The molecule has 0 spiro atoms. The van der Waals surface area contributed by atoms with Crippen LogP contribution in [0.15, 0.2) is 36.4 Å². The summed E-state index contributed by atoms with van der Waals surface area (Å²) in [5.74, 6) is 0.377. The average Bonchev–Trinajstić information content (AvgIpc) is 2.34. The van der Waals surface area contributed by atoms with Crippen LogP contribution in [0.2, 0.25) is 15.1 Å². The Labute approximate surface area is 126 Å². The fourth-order valence-electron chi connectivity index (χ4n) is 1.65. The van der Waals surface area contributed by atoms with Crippen LogP contribution in [0.3, 0.4) is 0 Å². The zero-order chi connectivity index (χ0) is 13.8. The van der Waals surface area contributed by atoms with Crippen LogP contribution < -0.4 is 4.74 Å². The highest BCUT2D eigenvalue weighted by Crippen LogP contribution is 2.36. The van der Waals surface area contributed by atoms with Crippen molar-refractivity contribution in [3.8, 4) is 11.5 Å². The van der Waals surface area contributed by atoms with Gasteiger partial charge in [0.1, 0.15) is 5.75 Å². The maximum Gasteiger partial charge on any atom is 0.156 e. The molecule has 0 aromatic heterocycles. The Kier molecular flexibility index (Phi) is 4.81. The van der Waals surface area contributed by atoms with Crippen LogP contribution in [-0.4, -0.2) is 11.7 Å². The minimum atomic E-state index is 0.00783. The number of rotatable bonds is 4. The van der Waals surface area contributed by atoms with Crippen molar-refractivity contribution < 1.29 is 9.84 Å². The van der Waals surface area contributed by atoms with Crippen molar-refractivity contribution in [3.63, 3.8) is 0 Å². The highest BCUT2D eigenvalue weighted by atomic mass is 35.5. The molecular formula is C14H11Cl3O2. The number of halogens is 3. The zero-order valence-electron chi connectivity index (χ0n) is 9.87. The smallest absolute Gasteiger partial charge is 0.156 e. The van der Waals surface area contributed by atoms with Crippen LogP contribution in [0.4, 0.5) is 0 Å². The van der Waals surface area contributed by atoms with Gasteiger partial charge in [-0.15, -0.1) is 0 Å². The molecule has 0 radical (unpaired) electrons. The second kappa shape index (κ2) is 6.38. The molecule has 0 atom stereocenters. The van der Waals surface area contributed by atoms with E-state index >= 15 is 0 Å². The first kappa shape index (κ1) is 14.3. The van der Waals surface area contributed by atoms with E-state index in [1.54, 1.807) is 0 Å². The Balaban J connectivity index is 2.02. The summed E-state index contributed by atoms with van der Waals surface area (Å²) >= 11 is 18.0. The number of phenolic OH excluding ortho intramolecular Hbond substituents is 1. The van der Waals surface area contributed by atoms with Crippen molar-refractivity contribution in [2.24, 2.45) is 0 Å². The van der Waals surface area contributed by atoms with Crippen LogP contribution in [-0.2, 0) is 6.42 Å². The van der Waals surface area contributed by atoms with E-state index in [9.17, 15) is 5.11 Å². The van der Waals surface area contributed by atoms with Gasteiger partial charge in [0.25, 0.3) is 0 Å². The van der Waals surface area contributed by atoms with Crippen molar-refractivity contribution in [2.75, 3.05) is 6.61 Å². The Hall–Kier alpha value is -1.09. The number of aromatic hydroxyl groups is 1. The Morgan fingerprint density at radius 3 is 2.21 bits per heavy atom. The molecule has 0 aliphatic carbocycles. The van der Waals surface area contributed by atoms with Crippen molar-refractivity contribution >= 4 is 34.8 Å². The Bertz CT molecular complexity index is 562. The molecular weight excluding hydrogens is 307 g/mol. The van der Waals surface area contributed by atoms with Gasteiger partial charge in [-0.1, -0.05) is 53.0 Å². The SMILES string of the molecule is Oc1cc(Cl)c(OCCc2ccccc2Cl)c(Cl)c1. The Morgan fingerprint density at radius 2 is 1.58 bits per heavy atom. The second-order valence-electron chi connectivity index (χ2n) is 3.93. The second-order valence-corrected chi connectivity index (χ2v) is 5.15. The molecule has 2 nitrogen and oxygen atoms in total. The van der Waals surface area contributed by atoms with Crippen molar-refractivity contribution in [2.45, 2.75) is 6.42 Å². The van der Waals surface area contributed by atoms with Crippen LogP contribution in [0, 0.1) is 0 Å². The summed E-state index contributed by atoms with van der Waals surface area (Å²) in [6.45, 7) is 0.397. The van der Waals surface area contributed by atoms with Gasteiger partial charge in [0.15, 0.2) is 5.75 Å². The number of ether oxygens (including phenoxy) is 1. The van der Waals surface area contributed by atoms with Gasteiger partial charge in [-0.25, -0.2) is 0 Å². The lowest BCUT2D eigenvalue weighted by atomic mass is 10.2. The van der Waals surface area contributed by atoms with Crippen molar-refractivity contribution in [1.82, 2.24) is 0 Å². The highest BCUT2D eigenvalue weighted by molar-refractivity contribution is 6.37. The molecule has 0 aliphatic rings. The number of hydrogen-bond donors (Lipinski definition) is 1. The molecule has 2 aromatic carbocycles. The summed E-state index contributed by atoms with van der Waals surface area (Å²) in [5.41, 5.74) is 0.996. The first-order chi connectivity index (χ1) is 9.08. The van der Waals surface area contributed by atoms with Crippen LogP contribution >= 0.6 is 34.8 Å². The average molecular weight is 318 g/mol. The fraction of sp³-hybridized carbons (Fsp3) is 0.143. The van der Waals surface area contributed by atoms with Gasteiger partial charge in [-0.3, -0.25) is 0 Å². The van der Waals surface area contributed by atoms with Crippen molar-refractivity contribution in [3.05, 3.63) is 57.0 Å². The summed E-state index contributed by atoms with van der Waals surface area (Å²) in [6.07, 6.45) is 0.646. The lowest BCUT2D eigenvalue weighted by molar-refractivity contribution is 0.321. The number of hydrogen-bond acceptors (Lipinski definition) is 2. The van der Waals surface area contributed by atoms with E-state index in [1.807, 2.05) is 24.3 Å². The number of benzene rings is 2. The van der Waals surface area contributed by atoms with E-state index in [2.05, 4.69) is 0 Å². The van der Waals surface area contributed by atoms with E-state index < -0.39 is 0 Å². The predicted octanol–water partition coefficient (Wildman–Crippen LogP) is 4.97. The molecule has 5 heteroatoms. The molecule has 0 aliphatic heterocycles. The summed E-state index contributed by atoms with van der Waals surface area (Å²) in [6, 6.07) is 10.3. The first-order valence-corrected chi connectivity index (χ1v) is 6.75. The molecule has 19 heavy (non-hydrogen) atoms. The first-order valence-electron chi connectivity index (χ1n) is 5.62. The molecule has 2 rings (SSSR count). The topological polar surface area (TPSA) is 29.5 Å². The van der Waals surface area contributed by atoms with E-state index in [4.69, 9.17) is 39.5 Å². The molecule has 1 N–H and O–H groups in total. The fourth-order valence-corrected chi connectivity index (χ4v) is 2.46. The van der Waals surface area contributed by atoms with Gasteiger partial charge in [-0.2, -0.15) is 0 Å². The van der Waals surface area contributed by atoms with Crippen LogP contribution in [0.1, 0.15) is 5.56 Å². The van der Waals surface area contributed by atoms with Gasteiger partial charge in [0.05, 0.1) is 16.7 Å². The predicted molar refractivity (Wildman–Crippen MR) is 78.8 cm³/mol. The largest absolute Gasteiger partial charge is 0.508 e. The maximum absolute atomic E-state index is 9.32. The van der Waals surface area contributed by atoms with E-state index in [0.717, 1.165) is 5.56 Å². The molecule has 0 fully saturated rings. The third-order valence-corrected chi connectivity index (χ3v) is 3.49. The quantitative estimate of drug-likeness (QED) is 0.862. The van der Waals surface area contributed by atoms with E-state index in [0.29, 0.717) is 23.8 Å². The lowest BCUT2D eigenvalue weighted by Gasteiger charge is -2.11. The minimum Gasteiger partial charge on any atom is -0.508 e. The molecule has 0 saturated carbocycles. The summed E-state index contributed by atoms with van der Waals surface area (Å²) in [4.78, 5) is 0. The summed E-state index contributed by atoms with van der Waals surface area (Å²) in [7, 11) is 0. The third-order valence-electron chi connectivity index (χ3n) is 2.56. The molecule has 0 unspecified atom stereocenters. The van der Waals surface area contributed by atoms with Crippen molar-refractivity contribution in [1.29, 1.82) is 0 Å². The third kappa shape index (κ3) is 3.69. The zero-order valence-corrected chi connectivity index (χ0v) is 12.1. The van der Waals surface area contributed by atoms with E-state index in [-0.39, 0.29) is 15.8 Å². The van der Waals surface area contributed by atoms with Gasteiger partial charge >= 0.3 is 0 Å². The Morgan fingerprint density at radius 1 is 0.947 bits per heavy atom. The molecule has 0 heterocycles. The molecule has 0 bridgehead atoms. The summed E-state index contributed by atoms with van der Waals surface area (Å²) < 4.78 is 5.55. The normalized spacial score (nSPS) is 10.5. The van der Waals surface area contributed by atoms with Gasteiger partial charge in [-0.05, 0) is 11.6 Å². The molecule has 0 saturated heterocycles. The standard InChI is InChI=1S/C14H11Cl3O2/c15-11-4-2-1-3-9(11)5-6-19-14-12(16)7-10(18)8-13(14)17/h1-4,7-8,18H,5-6H2. The monoisotopic (exact) mass is 316 g/mol. The summed E-state index contributed by atoms with van der Waals surface area (Å²) in [5, 5.41) is 10.6. The van der Waals surface area contributed by atoms with Crippen LogP contribution in [0.25, 0.3) is 0 Å². The number of phenols is 1. The molecule has 0 amide bonds. The molecule has 100 valence electrons. The maximum atomic E-state index is 9.32. The highest BCUT2D eigenvalue weighted by Gasteiger charge is 2.09. The minimum absolute atomic E-state index is 0.00783. The van der Waals surface area contributed by atoms with Crippen LogP contribution in [0.5, 0.6) is 11.5 Å². The van der Waals surface area contributed by atoms with Gasteiger partial charge in [0, 0.05) is 23.6 Å². The lowest BCUT2D eigenvalue weighted by Crippen LogP contribution is -2.02. The molecule has 2 aromatic rings. The van der Waals surface area contributed by atoms with Gasteiger partial charge in [0.2, 0.25) is 0 Å². The van der Waals surface area contributed by atoms with Gasteiger partial charge < -0.3 is 9.84 Å². The van der Waals surface area contributed by atoms with E-state index in [1.165, 1.54) is 12.1 Å².